The van der Waals surface area contributed by atoms with Crippen LogP contribution in [0, 0.1) is 0 Å². The smallest absolute Gasteiger partial charge is 0.152 e. The molecular weight excluding hydrogens is 152 g/mol. The maximum Gasteiger partial charge on any atom is 0.152 e. The summed E-state index contributed by atoms with van der Waals surface area (Å²) < 4.78 is 0. The zero-order chi connectivity index (χ0) is 8.97. The minimum Gasteiger partial charge on any atom is -0.389 e. The molecule has 0 fully saturated rings. The first kappa shape index (κ1) is 8.94. The molecule has 0 aromatic heterocycles. The summed E-state index contributed by atoms with van der Waals surface area (Å²) in [5.41, 5.74) is 0.982. The Morgan fingerprint density at radius 3 is 3.00 bits per heavy atom. The van der Waals surface area contributed by atoms with Gasteiger partial charge in [-0.1, -0.05) is 24.3 Å². The molecule has 0 radical (unpaired) electrons. The maximum absolute atomic E-state index is 10.6. The summed E-state index contributed by atoms with van der Waals surface area (Å²) >= 11 is 0. The fourth-order valence-corrected chi connectivity index (χ4v) is 0.963. The highest BCUT2D eigenvalue weighted by atomic mass is 16.3. The van der Waals surface area contributed by atoms with E-state index in [-0.39, 0.29) is 11.9 Å². The van der Waals surface area contributed by atoms with Crippen molar-refractivity contribution < 1.29 is 9.90 Å². The van der Waals surface area contributed by atoms with Crippen molar-refractivity contribution in [3.8, 4) is 0 Å². The number of hydrogen-bond acceptors (Lipinski definition) is 2. The molecule has 1 aliphatic carbocycles. The topological polar surface area (TPSA) is 37.3 Å². The van der Waals surface area contributed by atoms with E-state index in [0.29, 0.717) is 6.42 Å². The zero-order valence-corrected chi connectivity index (χ0v) is 7.03. The highest BCUT2D eigenvalue weighted by molar-refractivity contribution is 5.87. The molecule has 0 aromatic rings. The van der Waals surface area contributed by atoms with E-state index in [4.69, 9.17) is 5.11 Å². The van der Waals surface area contributed by atoms with Crippen molar-refractivity contribution in [1.82, 2.24) is 0 Å². The van der Waals surface area contributed by atoms with Crippen LogP contribution in [0.15, 0.2) is 36.0 Å². The molecule has 12 heavy (non-hydrogen) atoms. The number of ketones is 1. The van der Waals surface area contributed by atoms with Crippen molar-refractivity contribution in [3.63, 3.8) is 0 Å². The monoisotopic (exact) mass is 164 g/mol. The van der Waals surface area contributed by atoms with Gasteiger partial charge in [0.05, 0.1) is 6.10 Å². The largest absolute Gasteiger partial charge is 0.389 e. The van der Waals surface area contributed by atoms with E-state index in [1.807, 2.05) is 12.2 Å². The second kappa shape index (κ2) is 4.02. The maximum atomic E-state index is 10.6. The Kier molecular flexibility index (Phi) is 3.00. The molecule has 2 heteroatoms. The van der Waals surface area contributed by atoms with E-state index in [0.717, 1.165) is 5.57 Å². The van der Waals surface area contributed by atoms with E-state index < -0.39 is 0 Å². The van der Waals surface area contributed by atoms with Crippen molar-refractivity contribution in [2.75, 3.05) is 0 Å². The van der Waals surface area contributed by atoms with Crippen molar-refractivity contribution in [1.29, 1.82) is 0 Å². The van der Waals surface area contributed by atoms with Crippen molar-refractivity contribution in [3.05, 3.63) is 36.0 Å². The average Bonchev–Trinajstić information content (AvgIpc) is 2.03. The van der Waals surface area contributed by atoms with Crippen LogP contribution < -0.4 is 0 Å². The third kappa shape index (κ3) is 2.84. The molecule has 1 N–H and O–H groups in total. The van der Waals surface area contributed by atoms with Gasteiger partial charge in [-0.05, 0) is 25.0 Å². The van der Waals surface area contributed by atoms with Crippen LogP contribution in [0.5, 0.6) is 0 Å². The molecule has 0 amide bonds. The molecular formula is C10H12O2. The first-order valence-electron chi connectivity index (χ1n) is 3.93. The Balaban J connectivity index is 2.56. The van der Waals surface area contributed by atoms with Gasteiger partial charge in [-0.2, -0.15) is 0 Å². The molecule has 1 atom stereocenters. The van der Waals surface area contributed by atoms with Gasteiger partial charge in [0, 0.05) is 0 Å². The Hall–Kier alpha value is -1.15. The van der Waals surface area contributed by atoms with Crippen LogP contribution in [-0.2, 0) is 4.79 Å². The van der Waals surface area contributed by atoms with Crippen molar-refractivity contribution in [2.24, 2.45) is 0 Å². The molecule has 1 aliphatic rings. The third-order valence-electron chi connectivity index (χ3n) is 1.62. The number of carbonyl (C=O) groups excluding carboxylic acids is 1. The normalized spacial score (nSPS) is 22.8. The van der Waals surface area contributed by atoms with Crippen LogP contribution >= 0.6 is 0 Å². The lowest BCUT2D eigenvalue weighted by atomic mass is 10.0. The van der Waals surface area contributed by atoms with E-state index >= 15 is 0 Å². The first-order valence-corrected chi connectivity index (χ1v) is 3.93. The number of aliphatic hydroxyl groups excluding tert-OH is 1. The van der Waals surface area contributed by atoms with Crippen molar-refractivity contribution in [2.45, 2.75) is 19.4 Å². The summed E-state index contributed by atoms with van der Waals surface area (Å²) in [6, 6.07) is 0. The summed E-state index contributed by atoms with van der Waals surface area (Å²) in [4.78, 5) is 10.6. The Labute approximate surface area is 71.9 Å². The molecule has 1 rings (SSSR count). The van der Waals surface area contributed by atoms with Gasteiger partial charge in [-0.3, -0.25) is 4.79 Å². The van der Waals surface area contributed by atoms with Crippen LogP contribution in [-0.4, -0.2) is 17.0 Å². The molecule has 0 aliphatic heterocycles. The molecule has 0 bridgehead atoms. The number of rotatable bonds is 2. The predicted molar refractivity (Wildman–Crippen MR) is 47.7 cm³/mol. The summed E-state index contributed by atoms with van der Waals surface area (Å²) in [5.74, 6) is 0.0374. The van der Waals surface area contributed by atoms with E-state index in [9.17, 15) is 4.79 Å². The molecule has 0 aromatic carbocycles. The quantitative estimate of drug-likeness (QED) is 0.626. The molecule has 0 spiro atoms. The lowest BCUT2D eigenvalue weighted by Crippen LogP contribution is -2.03. The second-order valence-corrected chi connectivity index (χ2v) is 2.81. The number of allylic oxidation sites excluding steroid dienone is 4. The lowest BCUT2D eigenvalue weighted by Gasteiger charge is -2.07. The Morgan fingerprint density at radius 1 is 1.75 bits per heavy atom. The van der Waals surface area contributed by atoms with E-state index in [1.165, 1.54) is 13.0 Å². The molecule has 0 saturated heterocycles. The number of aliphatic hydroxyl groups is 1. The molecule has 1 unspecified atom stereocenters. The van der Waals surface area contributed by atoms with Gasteiger partial charge >= 0.3 is 0 Å². The van der Waals surface area contributed by atoms with Crippen LogP contribution in [0.4, 0.5) is 0 Å². The minimum absolute atomic E-state index is 0.0374. The van der Waals surface area contributed by atoms with Gasteiger partial charge in [0.15, 0.2) is 5.78 Å². The van der Waals surface area contributed by atoms with Crippen LogP contribution in [0.2, 0.25) is 0 Å². The number of hydrogen-bond donors (Lipinski definition) is 1. The number of carbonyl (C=O) groups is 1. The standard InChI is InChI=1S/C10H12O2/c1-8(11)2-3-9-4-6-10(12)7-5-9/h2-6,10,12H,7H2,1H3/b3-2+. The van der Waals surface area contributed by atoms with E-state index in [2.05, 4.69) is 0 Å². The van der Waals surface area contributed by atoms with Crippen LogP contribution in [0.25, 0.3) is 0 Å². The minimum atomic E-state index is -0.362. The van der Waals surface area contributed by atoms with E-state index in [1.54, 1.807) is 12.2 Å². The Morgan fingerprint density at radius 2 is 2.50 bits per heavy atom. The predicted octanol–water partition coefficient (Wildman–Crippen LogP) is 1.38. The summed E-state index contributed by atoms with van der Waals surface area (Å²) in [5, 5.41) is 9.08. The van der Waals surface area contributed by atoms with Gasteiger partial charge < -0.3 is 5.11 Å². The van der Waals surface area contributed by atoms with Crippen LogP contribution in [0.3, 0.4) is 0 Å². The third-order valence-corrected chi connectivity index (χ3v) is 1.62. The van der Waals surface area contributed by atoms with Gasteiger partial charge in [0.2, 0.25) is 0 Å². The second-order valence-electron chi connectivity index (χ2n) is 2.81. The van der Waals surface area contributed by atoms with Crippen molar-refractivity contribution >= 4 is 5.78 Å². The fraction of sp³-hybridized carbons (Fsp3) is 0.300. The average molecular weight is 164 g/mol. The summed E-state index contributed by atoms with van der Waals surface area (Å²) in [7, 11) is 0. The molecule has 2 nitrogen and oxygen atoms in total. The highest BCUT2D eigenvalue weighted by Crippen LogP contribution is 2.11. The van der Waals surface area contributed by atoms with Gasteiger partial charge in [-0.25, -0.2) is 0 Å². The molecule has 0 saturated carbocycles. The van der Waals surface area contributed by atoms with Gasteiger partial charge in [0.1, 0.15) is 0 Å². The summed E-state index contributed by atoms with van der Waals surface area (Å²) in [6.07, 6.45) is 8.99. The summed E-state index contributed by atoms with van der Waals surface area (Å²) in [6.45, 7) is 1.51. The van der Waals surface area contributed by atoms with Gasteiger partial charge in [-0.15, -0.1) is 0 Å². The molecule has 64 valence electrons. The fourth-order valence-electron chi connectivity index (χ4n) is 0.963. The Bertz CT molecular complexity index is 259. The van der Waals surface area contributed by atoms with Gasteiger partial charge in [0.25, 0.3) is 0 Å². The van der Waals surface area contributed by atoms with Crippen LogP contribution in [0.1, 0.15) is 13.3 Å². The SMILES string of the molecule is CC(=O)/C=C/C1=CCC(O)C=C1. The molecule has 0 heterocycles. The first-order chi connectivity index (χ1) is 5.68. The lowest BCUT2D eigenvalue weighted by molar-refractivity contribution is -0.112. The highest BCUT2D eigenvalue weighted by Gasteiger charge is 2.01. The zero-order valence-electron chi connectivity index (χ0n) is 7.03.